The van der Waals surface area contributed by atoms with E-state index in [1.165, 1.54) is 24.3 Å². The Kier molecular flexibility index (Phi) is 6.51. The first kappa shape index (κ1) is 20.4. The van der Waals surface area contributed by atoms with Crippen molar-refractivity contribution in [1.29, 1.82) is 0 Å². The van der Waals surface area contributed by atoms with Crippen molar-refractivity contribution in [3.05, 3.63) is 90.5 Å². The molecule has 29 heavy (non-hydrogen) atoms. The van der Waals surface area contributed by atoms with Crippen LogP contribution in [0.4, 0.5) is 5.69 Å². The van der Waals surface area contributed by atoms with E-state index < -0.39 is 10.0 Å². The van der Waals surface area contributed by atoms with E-state index >= 15 is 0 Å². The lowest BCUT2D eigenvalue weighted by Gasteiger charge is -2.14. The molecular formula is C22H22N2O4S. The molecule has 0 aliphatic rings. The summed E-state index contributed by atoms with van der Waals surface area (Å²) in [4.78, 5) is 12.2. The van der Waals surface area contributed by atoms with Crippen LogP contribution < -0.4 is 14.8 Å². The van der Waals surface area contributed by atoms with Crippen molar-refractivity contribution in [3.8, 4) is 5.75 Å². The minimum Gasteiger partial charge on any atom is -0.484 e. The maximum Gasteiger partial charge on any atom is 0.261 e. The number of amides is 1. The van der Waals surface area contributed by atoms with Gasteiger partial charge in [-0.2, -0.15) is 0 Å². The zero-order valence-corrected chi connectivity index (χ0v) is 16.7. The minimum atomic E-state index is -3.69. The fraction of sp³-hybridized carbons (Fsp3) is 0.136. The third-order valence-electron chi connectivity index (χ3n) is 4.21. The first-order chi connectivity index (χ1) is 13.9. The SMILES string of the molecule is C[C@H](NC(=O)COc1ccc(S(=O)(=O)Nc2ccccc2)cc1)c1ccccc1. The standard InChI is InChI=1S/C22H22N2O4S/c1-17(18-8-4-2-5-9-18)23-22(25)16-28-20-12-14-21(15-13-20)29(26,27)24-19-10-6-3-7-11-19/h2-15,17,24H,16H2,1H3,(H,23,25)/t17-/m0/s1. The summed E-state index contributed by atoms with van der Waals surface area (Å²) in [5.74, 6) is 0.148. The number of hydrogen-bond acceptors (Lipinski definition) is 4. The molecule has 0 aliphatic heterocycles. The molecule has 6 nitrogen and oxygen atoms in total. The fourth-order valence-corrected chi connectivity index (χ4v) is 3.75. The summed E-state index contributed by atoms with van der Waals surface area (Å²) in [6.07, 6.45) is 0. The molecule has 0 aliphatic carbocycles. The molecule has 7 heteroatoms. The molecule has 0 bridgehead atoms. The Morgan fingerprint density at radius 1 is 0.897 bits per heavy atom. The maximum atomic E-state index is 12.4. The van der Waals surface area contributed by atoms with E-state index in [9.17, 15) is 13.2 Å². The number of carbonyl (C=O) groups excluding carboxylic acids is 1. The zero-order valence-electron chi connectivity index (χ0n) is 15.9. The average molecular weight is 410 g/mol. The van der Waals surface area contributed by atoms with Crippen LogP contribution in [0, 0.1) is 0 Å². The molecule has 3 aromatic carbocycles. The molecule has 0 saturated heterocycles. The normalized spacial score (nSPS) is 12.0. The van der Waals surface area contributed by atoms with Crippen LogP contribution in [0.5, 0.6) is 5.75 Å². The van der Waals surface area contributed by atoms with E-state index in [4.69, 9.17) is 4.74 Å². The van der Waals surface area contributed by atoms with E-state index in [-0.39, 0.29) is 23.5 Å². The Balaban J connectivity index is 1.54. The number of hydrogen-bond donors (Lipinski definition) is 2. The number of para-hydroxylation sites is 1. The highest BCUT2D eigenvalue weighted by Crippen LogP contribution is 2.19. The van der Waals surface area contributed by atoms with Crippen molar-refractivity contribution in [1.82, 2.24) is 5.32 Å². The van der Waals surface area contributed by atoms with Gasteiger partial charge in [0.2, 0.25) is 0 Å². The van der Waals surface area contributed by atoms with Crippen molar-refractivity contribution in [2.24, 2.45) is 0 Å². The smallest absolute Gasteiger partial charge is 0.261 e. The topological polar surface area (TPSA) is 84.5 Å². The van der Waals surface area contributed by atoms with E-state index in [2.05, 4.69) is 10.0 Å². The number of rotatable bonds is 8. The Hall–Kier alpha value is -3.32. The number of carbonyl (C=O) groups is 1. The quantitative estimate of drug-likeness (QED) is 0.592. The predicted octanol–water partition coefficient (Wildman–Crippen LogP) is 3.74. The van der Waals surface area contributed by atoms with E-state index in [1.807, 2.05) is 37.3 Å². The largest absolute Gasteiger partial charge is 0.484 e. The van der Waals surface area contributed by atoms with Gasteiger partial charge in [0.1, 0.15) is 5.75 Å². The molecule has 0 spiro atoms. The second kappa shape index (κ2) is 9.25. The van der Waals surface area contributed by atoms with Crippen LogP contribution in [-0.4, -0.2) is 20.9 Å². The van der Waals surface area contributed by atoms with Gasteiger partial charge in [-0.15, -0.1) is 0 Å². The summed E-state index contributed by atoms with van der Waals surface area (Å²) in [6.45, 7) is 1.73. The highest BCUT2D eigenvalue weighted by Gasteiger charge is 2.14. The number of nitrogens with one attached hydrogen (secondary N) is 2. The Bertz CT molecular complexity index is 1040. The molecule has 0 saturated carbocycles. The van der Waals surface area contributed by atoms with Crippen LogP contribution in [-0.2, 0) is 14.8 Å². The molecule has 0 unspecified atom stereocenters. The number of benzene rings is 3. The molecule has 3 aromatic rings. The molecule has 0 fully saturated rings. The van der Waals surface area contributed by atoms with Gasteiger partial charge in [-0.1, -0.05) is 48.5 Å². The van der Waals surface area contributed by atoms with Gasteiger partial charge >= 0.3 is 0 Å². The van der Waals surface area contributed by atoms with Gasteiger partial charge in [0, 0.05) is 5.69 Å². The fourth-order valence-electron chi connectivity index (χ4n) is 2.69. The third-order valence-corrected chi connectivity index (χ3v) is 5.60. The summed E-state index contributed by atoms with van der Waals surface area (Å²) < 4.78 is 32.8. The molecule has 0 radical (unpaired) electrons. The number of ether oxygens (including phenoxy) is 1. The second-order valence-corrected chi connectivity index (χ2v) is 8.11. The average Bonchev–Trinajstić information content (AvgIpc) is 2.73. The van der Waals surface area contributed by atoms with Gasteiger partial charge in [-0.3, -0.25) is 9.52 Å². The van der Waals surface area contributed by atoms with E-state index in [0.29, 0.717) is 11.4 Å². The maximum absolute atomic E-state index is 12.4. The molecule has 150 valence electrons. The van der Waals surface area contributed by atoms with Crippen LogP contribution in [0.1, 0.15) is 18.5 Å². The molecule has 2 N–H and O–H groups in total. The molecule has 0 heterocycles. The van der Waals surface area contributed by atoms with Gasteiger partial charge in [-0.05, 0) is 48.9 Å². The first-order valence-electron chi connectivity index (χ1n) is 9.09. The van der Waals surface area contributed by atoms with Crippen molar-refractivity contribution < 1.29 is 17.9 Å². The van der Waals surface area contributed by atoms with Gasteiger partial charge in [0.15, 0.2) is 6.61 Å². The van der Waals surface area contributed by atoms with Crippen LogP contribution in [0.2, 0.25) is 0 Å². The zero-order chi connectivity index (χ0) is 20.7. The lowest BCUT2D eigenvalue weighted by Crippen LogP contribution is -2.31. The molecule has 1 atom stereocenters. The Morgan fingerprint density at radius 2 is 1.48 bits per heavy atom. The van der Waals surface area contributed by atoms with Gasteiger partial charge < -0.3 is 10.1 Å². The minimum absolute atomic E-state index is 0.107. The first-order valence-corrected chi connectivity index (χ1v) is 10.6. The van der Waals surface area contributed by atoms with Crippen LogP contribution in [0.3, 0.4) is 0 Å². The lowest BCUT2D eigenvalue weighted by molar-refractivity contribution is -0.123. The molecule has 3 rings (SSSR count). The van der Waals surface area contributed by atoms with Crippen LogP contribution >= 0.6 is 0 Å². The highest BCUT2D eigenvalue weighted by atomic mass is 32.2. The second-order valence-electron chi connectivity index (χ2n) is 6.43. The monoisotopic (exact) mass is 410 g/mol. The Morgan fingerprint density at radius 3 is 2.10 bits per heavy atom. The molecule has 1 amide bonds. The van der Waals surface area contributed by atoms with Crippen LogP contribution in [0.25, 0.3) is 0 Å². The van der Waals surface area contributed by atoms with Gasteiger partial charge in [0.25, 0.3) is 15.9 Å². The summed E-state index contributed by atoms with van der Waals surface area (Å²) in [7, 11) is -3.69. The van der Waals surface area contributed by atoms with Crippen LogP contribution in [0.15, 0.2) is 89.8 Å². The molecule has 0 aromatic heterocycles. The number of anilines is 1. The summed E-state index contributed by atoms with van der Waals surface area (Å²) in [6, 6.07) is 24.0. The van der Waals surface area contributed by atoms with E-state index in [1.54, 1.807) is 30.3 Å². The van der Waals surface area contributed by atoms with Crippen molar-refractivity contribution in [2.45, 2.75) is 17.9 Å². The summed E-state index contributed by atoms with van der Waals surface area (Å²) in [5, 5.41) is 2.86. The third kappa shape index (κ3) is 5.83. The van der Waals surface area contributed by atoms with Crippen molar-refractivity contribution in [2.75, 3.05) is 11.3 Å². The van der Waals surface area contributed by atoms with Gasteiger partial charge in [-0.25, -0.2) is 8.42 Å². The highest BCUT2D eigenvalue weighted by molar-refractivity contribution is 7.92. The molecular weight excluding hydrogens is 388 g/mol. The van der Waals surface area contributed by atoms with Gasteiger partial charge in [0.05, 0.1) is 10.9 Å². The Labute approximate surface area is 170 Å². The lowest BCUT2D eigenvalue weighted by atomic mass is 10.1. The summed E-state index contributed by atoms with van der Waals surface area (Å²) >= 11 is 0. The predicted molar refractivity (Wildman–Crippen MR) is 112 cm³/mol. The summed E-state index contributed by atoms with van der Waals surface area (Å²) in [5.41, 5.74) is 1.48. The van der Waals surface area contributed by atoms with Crippen molar-refractivity contribution >= 4 is 21.6 Å². The van der Waals surface area contributed by atoms with E-state index in [0.717, 1.165) is 5.56 Å². The van der Waals surface area contributed by atoms with Crippen molar-refractivity contribution in [3.63, 3.8) is 0 Å². The number of sulfonamides is 1.